The molecule has 2 aromatic heterocycles. The van der Waals surface area contributed by atoms with Crippen LogP contribution in [0.4, 0.5) is 17.2 Å². The van der Waals surface area contributed by atoms with Gasteiger partial charge in [0, 0.05) is 18.1 Å². The maximum absolute atomic E-state index is 12.1. The van der Waals surface area contributed by atoms with Gasteiger partial charge in [-0.25, -0.2) is 4.98 Å². The lowest BCUT2D eigenvalue weighted by molar-refractivity contribution is 0.102. The van der Waals surface area contributed by atoms with Crippen LogP contribution in [0.2, 0.25) is 0 Å². The van der Waals surface area contributed by atoms with Crippen molar-refractivity contribution >= 4 is 23.1 Å². The normalized spacial score (nSPS) is 11.0. The minimum absolute atomic E-state index is 0.133. The first-order valence-corrected chi connectivity index (χ1v) is 8.47. The van der Waals surface area contributed by atoms with Crippen molar-refractivity contribution in [3.8, 4) is 0 Å². The smallest absolute Gasteiger partial charge is 0.258 e. The van der Waals surface area contributed by atoms with Gasteiger partial charge in [-0.15, -0.1) is 0 Å². The van der Waals surface area contributed by atoms with Gasteiger partial charge in [0.2, 0.25) is 0 Å². The van der Waals surface area contributed by atoms with Crippen LogP contribution in [-0.4, -0.2) is 15.9 Å². The van der Waals surface area contributed by atoms with Crippen LogP contribution in [0.5, 0.6) is 0 Å². The number of carbonyl (C=O) groups is 1. The van der Waals surface area contributed by atoms with E-state index < -0.39 is 0 Å². The average Bonchev–Trinajstić information content (AvgIpc) is 2.64. The molecule has 0 spiro atoms. The van der Waals surface area contributed by atoms with Crippen LogP contribution in [0, 0.1) is 0 Å². The minimum atomic E-state index is -0.232. The molecule has 132 valence electrons. The zero-order valence-corrected chi connectivity index (χ0v) is 15.2. The second kappa shape index (κ2) is 7.35. The number of nitrogens with one attached hydrogen (secondary N) is 2. The molecular formula is C21H22N4O. The Hall–Kier alpha value is -3.21. The van der Waals surface area contributed by atoms with E-state index in [1.807, 2.05) is 6.07 Å². The fourth-order valence-corrected chi connectivity index (χ4v) is 2.45. The van der Waals surface area contributed by atoms with Gasteiger partial charge in [0.15, 0.2) is 0 Å². The molecule has 0 aliphatic rings. The summed E-state index contributed by atoms with van der Waals surface area (Å²) in [6.45, 7) is 6.58. The molecule has 0 aliphatic heterocycles. The van der Waals surface area contributed by atoms with Gasteiger partial charge >= 0.3 is 0 Å². The SMILES string of the molecule is CC(C)(C)c1ccc(Nc2ccc(NC(=O)c3cccnc3)nc2)cc1. The Morgan fingerprint density at radius 3 is 2.23 bits per heavy atom. The Balaban J connectivity index is 1.63. The molecule has 0 aliphatic carbocycles. The maximum Gasteiger partial charge on any atom is 0.258 e. The quantitative estimate of drug-likeness (QED) is 0.714. The number of benzene rings is 1. The van der Waals surface area contributed by atoms with Crippen LogP contribution in [0.15, 0.2) is 67.1 Å². The zero-order chi connectivity index (χ0) is 18.6. The van der Waals surface area contributed by atoms with Crippen LogP contribution in [0.3, 0.4) is 0 Å². The van der Waals surface area contributed by atoms with E-state index in [4.69, 9.17) is 0 Å². The lowest BCUT2D eigenvalue weighted by Crippen LogP contribution is -2.13. The molecule has 0 bridgehead atoms. The van der Waals surface area contributed by atoms with Gasteiger partial charge in [-0.05, 0) is 47.4 Å². The number of carbonyl (C=O) groups excluding carboxylic acids is 1. The molecule has 3 aromatic rings. The highest BCUT2D eigenvalue weighted by Crippen LogP contribution is 2.25. The fraction of sp³-hybridized carbons (Fsp3) is 0.190. The average molecular weight is 346 g/mol. The molecule has 1 aromatic carbocycles. The van der Waals surface area contributed by atoms with Crippen molar-refractivity contribution < 1.29 is 4.79 Å². The first-order chi connectivity index (χ1) is 12.4. The highest BCUT2D eigenvalue weighted by Gasteiger charge is 2.12. The highest BCUT2D eigenvalue weighted by atomic mass is 16.1. The molecule has 0 saturated heterocycles. The minimum Gasteiger partial charge on any atom is -0.354 e. The van der Waals surface area contributed by atoms with Crippen LogP contribution in [-0.2, 0) is 5.41 Å². The Morgan fingerprint density at radius 2 is 1.65 bits per heavy atom. The molecule has 0 radical (unpaired) electrons. The van der Waals surface area contributed by atoms with Gasteiger partial charge in [-0.2, -0.15) is 0 Å². The van der Waals surface area contributed by atoms with E-state index in [0.717, 1.165) is 11.4 Å². The van der Waals surface area contributed by atoms with Crippen LogP contribution < -0.4 is 10.6 Å². The van der Waals surface area contributed by atoms with Crippen LogP contribution in [0.25, 0.3) is 0 Å². The summed E-state index contributed by atoms with van der Waals surface area (Å²) in [7, 11) is 0. The molecule has 26 heavy (non-hydrogen) atoms. The van der Waals surface area contributed by atoms with Gasteiger partial charge in [0.25, 0.3) is 5.91 Å². The maximum atomic E-state index is 12.1. The Kier molecular flexibility index (Phi) is 4.98. The number of pyridine rings is 2. The summed E-state index contributed by atoms with van der Waals surface area (Å²) in [6.07, 6.45) is 4.84. The predicted octanol–water partition coefficient (Wildman–Crippen LogP) is 4.77. The third-order valence-corrected chi connectivity index (χ3v) is 3.97. The van der Waals surface area contributed by atoms with Crippen molar-refractivity contribution in [2.24, 2.45) is 0 Å². The molecule has 0 atom stereocenters. The molecular weight excluding hydrogens is 324 g/mol. The van der Waals surface area contributed by atoms with Crippen LogP contribution >= 0.6 is 0 Å². The van der Waals surface area contributed by atoms with Crippen molar-refractivity contribution in [2.45, 2.75) is 26.2 Å². The van der Waals surface area contributed by atoms with E-state index in [-0.39, 0.29) is 11.3 Å². The molecule has 0 saturated carbocycles. The number of rotatable bonds is 4. The number of nitrogens with zero attached hydrogens (tertiary/aromatic N) is 2. The van der Waals surface area contributed by atoms with Gasteiger partial charge in [-0.3, -0.25) is 9.78 Å². The Labute approximate surface area is 153 Å². The van der Waals surface area contributed by atoms with E-state index in [1.54, 1.807) is 30.6 Å². The fourth-order valence-electron chi connectivity index (χ4n) is 2.45. The molecule has 2 heterocycles. The van der Waals surface area contributed by atoms with Gasteiger partial charge < -0.3 is 10.6 Å². The Bertz CT molecular complexity index is 867. The van der Waals surface area contributed by atoms with Crippen molar-refractivity contribution in [3.63, 3.8) is 0 Å². The number of hydrogen-bond acceptors (Lipinski definition) is 4. The monoisotopic (exact) mass is 346 g/mol. The van der Waals surface area contributed by atoms with Crippen LogP contribution in [0.1, 0.15) is 36.7 Å². The molecule has 5 heteroatoms. The molecule has 0 unspecified atom stereocenters. The third kappa shape index (κ3) is 4.45. The third-order valence-electron chi connectivity index (χ3n) is 3.97. The zero-order valence-electron chi connectivity index (χ0n) is 15.2. The van der Waals surface area contributed by atoms with E-state index in [0.29, 0.717) is 11.4 Å². The van der Waals surface area contributed by atoms with Gasteiger partial charge in [-0.1, -0.05) is 32.9 Å². The standard InChI is InChI=1S/C21H22N4O/c1-21(2,3)16-6-8-17(9-7-16)24-18-10-11-19(23-14-18)25-20(26)15-5-4-12-22-13-15/h4-14,24H,1-3H3,(H,23,25,26). The van der Waals surface area contributed by atoms with Gasteiger partial charge in [0.05, 0.1) is 17.4 Å². The van der Waals surface area contributed by atoms with E-state index in [1.165, 1.54) is 11.8 Å². The molecule has 3 rings (SSSR count). The number of hydrogen-bond donors (Lipinski definition) is 2. The highest BCUT2D eigenvalue weighted by molar-refractivity contribution is 6.03. The Morgan fingerprint density at radius 1 is 0.923 bits per heavy atom. The molecule has 2 N–H and O–H groups in total. The second-order valence-corrected chi connectivity index (χ2v) is 7.08. The predicted molar refractivity (Wildman–Crippen MR) is 105 cm³/mol. The molecule has 1 amide bonds. The second-order valence-electron chi connectivity index (χ2n) is 7.08. The van der Waals surface area contributed by atoms with E-state index in [9.17, 15) is 4.79 Å². The topological polar surface area (TPSA) is 66.9 Å². The summed E-state index contributed by atoms with van der Waals surface area (Å²) in [4.78, 5) is 20.3. The van der Waals surface area contributed by atoms with Crippen molar-refractivity contribution in [1.82, 2.24) is 9.97 Å². The lowest BCUT2D eigenvalue weighted by atomic mass is 9.87. The summed E-state index contributed by atoms with van der Waals surface area (Å²) in [6, 6.07) is 15.4. The van der Waals surface area contributed by atoms with Crippen molar-refractivity contribution in [1.29, 1.82) is 0 Å². The summed E-state index contributed by atoms with van der Waals surface area (Å²) < 4.78 is 0. The first kappa shape index (κ1) is 17.6. The van der Waals surface area contributed by atoms with E-state index >= 15 is 0 Å². The van der Waals surface area contributed by atoms with E-state index in [2.05, 4.69) is 65.6 Å². The number of amides is 1. The molecule has 5 nitrogen and oxygen atoms in total. The summed E-state index contributed by atoms with van der Waals surface area (Å²) in [5.74, 6) is 0.261. The largest absolute Gasteiger partial charge is 0.354 e. The number of anilines is 3. The van der Waals surface area contributed by atoms with Crippen molar-refractivity contribution in [3.05, 3.63) is 78.2 Å². The summed E-state index contributed by atoms with van der Waals surface area (Å²) >= 11 is 0. The van der Waals surface area contributed by atoms with Gasteiger partial charge in [0.1, 0.15) is 5.82 Å². The summed E-state index contributed by atoms with van der Waals surface area (Å²) in [5, 5.41) is 6.07. The molecule has 0 fully saturated rings. The summed E-state index contributed by atoms with van der Waals surface area (Å²) in [5.41, 5.74) is 3.76. The first-order valence-electron chi connectivity index (χ1n) is 8.47. The number of aromatic nitrogens is 2. The van der Waals surface area contributed by atoms with Crippen molar-refractivity contribution in [2.75, 3.05) is 10.6 Å². The lowest BCUT2D eigenvalue weighted by Gasteiger charge is -2.19.